The molecule has 2 rings (SSSR count). The van der Waals surface area contributed by atoms with Crippen LogP contribution in [0.4, 0.5) is 0 Å². The molecule has 1 aromatic carbocycles. The van der Waals surface area contributed by atoms with Crippen molar-refractivity contribution in [3.63, 3.8) is 0 Å². The highest BCUT2D eigenvalue weighted by atomic mass is 35.5. The topological polar surface area (TPSA) is 29.9 Å². The van der Waals surface area contributed by atoms with Crippen LogP contribution in [0.3, 0.4) is 0 Å². The third-order valence-corrected chi connectivity index (χ3v) is 4.18. The summed E-state index contributed by atoms with van der Waals surface area (Å²) in [5.74, 6) is 0. The minimum absolute atomic E-state index is 0.272. The van der Waals surface area contributed by atoms with Crippen molar-refractivity contribution in [3.05, 3.63) is 51.8 Å². The lowest BCUT2D eigenvalue weighted by atomic mass is 9.97. The molecule has 0 aliphatic carbocycles. The molecule has 1 heterocycles. The lowest BCUT2D eigenvalue weighted by Crippen LogP contribution is -2.21. The number of aromatic nitrogens is 2. The molecule has 0 radical (unpaired) electrons. The predicted octanol–water partition coefficient (Wildman–Crippen LogP) is 3.93. The van der Waals surface area contributed by atoms with Crippen LogP contribution in [0.1, 0.15) is 42.4 Å². The van der Waals surface area contributed by atoms with E-state index in [0.717, 1.165) is 30.1 Å². The summed E-state index contributed by atoms with van der Waals surface area (Å²) in [4.78, 5) is 0. The van der Waals surface area contributed by atoms with Crippen molar-refractivity contribution in [1.29, 1.82) is 0 Å². The molecule has 0 spiro atoms. The van der Waals surface area contributed by atoms with E-state index in [1.165, 1.54) is 16.8 Å². The molecular weight excluding hydrogens is 282 g/mol. The van der Waals surface area contributed by atoms with E-state index < -0.39 is 0 Å². The van der Waals surface area contributed by atoms with Gasteiger partial charge in [0, 0.05) is 29.7 Å². The van der Waals surface area contributed by atoms with Crippen LogP contribution in [0.25, 0.3) is 0 Å². The first kappa shape index (κ1) is 16.1. The molecule has 0 aliphatic rings. The van der Waals surface area contributed by atoms with Crippen molar-refractivity contribution in [3.8, 4) is 0 Å². The summed E-state index contributed by atoms with van der Waals surface area (Å²) in [6, 6.07) is 8.60. The number of likely N-dealkylation sites (N-methyl/N-ethyl adjacent to an activating group) is 1. The van der Waals surface area contributed by atoms with E-state index in [2.05, 4.69) is 48.0 Å². The molecule has 1 N–H and O–H groups in total. The van der Waals surface area contributed by atoms with Gasteiger partial charge in [0.05, 0.1) is 5.69 Å². The van der Waals surface area contributed by atoms with Gasteiger partial charge in [0.1, 0.15) is 0 Å². The van der Waals surface area contributed by atoms with E-state index >= 15 is 0 Å². The molecule has 114 valence electrons. The summed E-state index contributed by atoms with van der Waals surface area (Å²) in [5, 5.41) is 8.84. The summed E-state index contributed by atoms with van der Waals surface area (Å²) >= 11 is 6.06. The monoisotopic (exact) mass is 305 g/mol. The van der Waals surface area contributed by atoms with Gasteiger partial charge in [-0.1, -0.05) is 24.6 Å². The average Bonchev–Trinajstić information content (AvgIpc) is 2.87. The van der Waals surface area contributed by atoms with Crippen LogP contribution in [-0.2, 0) is 19.4 Å². The maximum Gasteiger partial charge on any atom is 0.0624 e. The fourth-order valence-corrected chi connectivity index (χ4v) is 2.96. The van der Waals surface area contributed by atoms with Gasteiger partial charge in [-0.05, 0) is 56.6 Å². The first-order valence-electron chi connectivity index (χ1n) is 7.57. The van der Waals surface area contributed by atoms with Crippen LogP contribution in [0.5, 0.6) is 0 Å². The summed E-state index contributed by atoms with van der Waals surface area (Å²) < 4.78 is 2.11. The number of rotatable bonds is 6. The highest BCUT2D eigenvalue weighted by molar-refractivity contribution is 6.30. The molecule has 0 aliphatic heterocycles. The molecule has 0 amide bonds. The van der Waals surface area contributed by atoms with Crippen LogP contribution < -0.4 is 5.32 Å². The fourth-order valence-electron chi connectivity index (χ4n) is 2.73. The SMILES string of the molecule is CCc1cc(CC(NC)c2ccc(Cl)cc2C)n(CC)n1. The number of nitrogens with one attached hydrogen (secondary N) is 1. The lowest BCUT2D eigenvalue weighted by Gasteiger charge is -2.19. The standard InChI is InChI=1S/C17H24ClN3/c1-5-14-10-15(21(6-2)20-14)11-17(19-4)16-8-7-13(18)9-12(16)3/h7-10,17,19H,5-6,11H2,1-4H3. The maximum absolute atomic E-state index is 6.06. The number of benzene rings is 1. The van der Waals surface area contributed by atoms with Crippen LogP contribution >= 0.6 is 11.6 Å². The zero-order valence-electron chi connectivity index (χ0n) is 13.3. The number of aryl methyl sites for hydroxylation is 3. The third kappa shape index (κ3) is 3.66. The van der Waals surface area contributed by atoms with Gasteiger partial charge in [0.2, 0.25) is 0 Å². The van der Waals surface area contributed by atoms with Crippen molar-refractivity contribution in [2.45, 2.75) is 46.2 Å². The molecule has 0 saturated carbocycles. The maximum atomic E-state index is 6.06. The molecule has 0 saturated heterocycles. The molecule has 0 bridgehead atoms. The molecule has 1 unspecified atom stereocenters. The summed E-state index contributed by atoms with van der Waals surface area (Å²) in [6.07, 6.45) is 1.91. The van der Waals surface area contributed by atoms with Gasteiger partial charge in [0.15, 0.2) is 0 Å². The summed E-state index contributed by atoms with van der Waals surface area (Å²) in [5.41, 5.74) is 4.96. The second-order valence-corrected chi connectivity index (χ2v) is 5.78. The van der Waals surface area contributed by atoms with Gasteiger partial charge < -0.3 is 5.32 Å². The first-order valence-corrected chi connectivity index (χ1v) is 7.95. The van der Waals surface area contributed by atoms with E-state index in [0.29, 0.717) is 0 Å². The number of hydrogen-bond donors (Lipinski definition) is 1. The van der Waals surface area contributed by atoms with Crippen molar-refractivity contribution in [1.82, 2.24) is 15.1 Å². The molecule has 21 heavy (non-hydrogen) atoms. The molecule has 1 aromatic heterocycles. The van der Waals surface area contributed by atoms with Gasteiger partial charge in [-0.25, -0.2) is 0 Å². The zero-order valence-corrected chi connectivity index (χ0v) is 14.0. The molecular formula is C17H24ClN3. The van der Waals surface area contributed by atoms with E-state index in [1.807, 2.05) is 19.2 Å². The first-order chi connectivity index (χ1) is 10.1. The quantitative estimate of drug-likeness (QED) is 0.876. The summed E-state index contributed by atoms with van der Waals surface area (Å²) in [6.45, 7) is 7.30. The van der Waals surface area contributed by atoms with E-state index in [-0.39, 0.29) is 6.04 Å². The van der Waals surface area contributed by atoms with Gasteiger partial charge >= 0.3 is 0 Å². The van der Waals surface area contributed by atoms with Crippen LogP contribution in [0.15, 0.2) is 24.3 Å². The van der Waals surface area contributed by atoms with Crippen LogP contribution in [-0.4, -0.2) is 16.8 Å². The molecule has 1 atom stereocenters. The second-order valence-electron chi connectivity index (χ2n) is 5.34. The van der Waals surface area contributed by atoms with E-state index in [4.69, 9.17) is 11.6 Å². The van der Waals surface area contributed by atoms with Crippen molar-refractivity contribution >= 4 is 11.6 Å². The highest BCUT2D eigenvalue weighted by Gasteiger charge is 2.16. The smallest absolute Gasteiger partial charge is 0.0624 e. The third-order valence-electron chi connectivity index (χ3n) is 3.94. The Hall–Kier alpha value is -1.32. The average molecular weight is 306 g/mol. The Balaban J connectivity index is 2.28. The van der Waals surface area contributed by atoms with Gasteiger partial charge in [-0.3, -0.25) is 4.68 Å². The largest absolute Gasteiger partial charge is 0.313 e. The Morgan fingerprint density at radius 2 is 2.05 bits per heavy atom. The minimum atomic E-state index is 0.272. The normalized spacial score (nSPS) is 12.6. The summed E-state index contributed by atoms with van der Waals surface area (Å²) in [7, 11) is 2.01. The highest BCUT2D eigenvalue weighted by Crippen LogP contribution is 2.24. The van der Waals surface area contributed by atoms with Crippen LogP contribution in [0, 0.1) is 6.92 Å². The second kappa shape index (κ2) is 7.10. The Morgan fingerprint density at radius 1 is 1.29 bits per heavy atom. The lowest BCUT2D eigenvalue weighted by molar-refractivity contribution is 0.539. The molecule has 3 nitrogen and oxygen atoms in total. The van der Waals surface area contributed by atoms with Gasteiger partial charge in [-0.2, -0.15) is 5.10 Å². The number of halogens is 1. The number of nitrogens with zero attached hydrogens (tertiary/aromatic N) is 2. The van der Waals surface area contributed by atoms with Gasteiger partial charge in [0.25, 0.3) is 0 Å². The molecule has 2 aromatic rings. The Morgan fingerprint density at radius 3 is 2.62 bits per heavy atom. The Labute approximate surface area is 132 Å². The molecule has 4 heteroatoms. The van der Waals surface area contributed by atoms with Gasteiger partial charge in [-0.15, -0.1) is 0 Å². The number of hydrogen-bond acceptors (Lipinski definition) is 2. The molecule has 0 fully saturated rings. The Bertz CT molecular complexity index is 604. The van der Waals surface area contributed by atoms with E-state index in [1.54, 1.807) is 0 Å². The predicted molar refractivity (Wildman–Crippen MR) is 89.0 cm³/mol. The van der Waals surface area contributed by atoms with E-state index in [9.17, 15) is 0 Å². The van der Waals surface area contributed by atoms with Crippen molar-refractivity contribution in [2.24, 2.45) is 0 Å². The minimum Gasteiger partial charge on any atom is -0.313 e. The fraction of sp³-hybridized carbons (Fsp3) is 0.471. The Kier molecular flexibility index (Phi) is 5.43. The zero-order chi connectivity index (χ0) is 15.4. The van der Waals surface area contributed by atoms with Crippen molar-refractivity contribution in [2.75, 3.05) is 7.05 Å². The van der Waals surface area contributed by atoms with Crippen LogP contribution in [0.2, 0.25) is 5.02 Å². The van der Waals surface area contributed by atoms with Crippen molar-refractivity contribution < 1.29 is 0 Å².